The fourth-order valence-electron chi connectivity index (χ4n) is 2.42. The molecule has 0 aliphatic heterocycles. The summed E-state index contributed by atoms with van der Waals surface area (Å²) in [6.07, 6.45) is 6.23. The molecule has 1 aliphatic carbocycles. The molecule has 0 heterocycles. The Morgan fingerprint density at radius 3 is 2.79 bits per heavy atom. The molecule has 0 spiro atoms. The van der Waals surface area contributed by atoms with Gasteiger partial charge in [0.15, 0.2) is 0 Å². The van der Waals surface area contributed by atoms with Crippen LogP contribution in [0.1, 0.15) is 31.2 Å². The van der Waals surface area contributed by atoms with E-state index in [-0.39, 0.29) is 11.9 Å². The quantitative estimate of drug-likeness (QED) is 0.610. The second-order valence-electron chi connectivity index (χ2n) is 5.06. The summed E-state index contributed by atoms with van der Waals surface area (Å²) in [6, 6.07) is 5.39. The van der Waals surface area contributed by atoms with E-state index in [1.54, 1.807) is 0 Å². The third-order valence-electron chi connectivity index (χ3n) is 3.54. The highest BCUT2D eigenvalue weighted by Crippen LogP contribution is 2.30. The fourth-order valence-corrected chi connectivity index (χ4v) is 4.24. The van der Waals surface area contributed by atoms with E-state index in [1.807, 2.05) is 23.9 Å². The monoisotopic (exact) mass is 346 g/mol. The van der Waals surface area contributed by atoms with Crippen LogP contribution in [0, 0.1) is 5.82 Å². The van der Waals surface area contributed by atoms with E-state index in [0.717, 1.165) is 23.0 Å². The number of thioether (sulfide) groups is 1. The Kier molecular flexibility index (Phi) is 6.13. The van der Waals surface area contributed by atoms with E-state index in [0.29, 0.717) is 4.47 Å². The van der Waals surface area contributed by atoms with Crippen LogP contribution >= 0.6 is 27.7 Å². The first-order valence-corrected chi connectivity index (χ1v) is 8.55. The van der Waals surface area contributed by atoms with E-state index < -0.39 is 0 Å². The molecule has 0 aromatic heterocycles. The van der Waals surface area contributed by atoms with Crippen LogP contribution in [0.4, 0.5) is 4.39 Å². The standard InChI is InChI=1S/C14H20BrFN2S/c15-13-8-10(5-6-14(13)16)7-11(18-17)9-19-12-3-1-2-4-12/h5-6,8,11-12,18H,1-4,7,9,17H2. The average molecular weight is 347 g/mol. The van der Waals surface area contributed by atoms with Gasteiger partial charge in [-0.15, -0.1) is 0 Å². The maximum atomic E-state index is 13.2. The topological polar surface area (TPSA) is 38.0 Å². The summed E-state index contributed by atoms with van der Waals surface area (Å²) in [5.74, 6) is 6.41. The summed E-state index contributed by atoms with van der Waals surface area (Å²) in [6.45, 7) is 0. The lowest BCUT2D eigenvalue weighted by molar-refractivity contribution is 0.572. The highest BCUT2D eigenvalue weighted by Gasteiger charge is 2.17. The van der Waals surface area contributed by atoms with Crippen molar-refractivity contribution in [1.82, 2.24) is 5.43 Å². The van der Waals surface area contributed by atoms with Crippen molar-refractivity contribution in [3.05, 3.63) is 34.1 Å². The number of hydrogen-bond acceptors (Lipinski definition) is 3. The largest absolute Gasteiger partial charge is 0.271 e. The van der Waals surface area contributed by atoms with Crippen LogP contribution in [0.2, 0.25) is 0 Å². The van der Waals surface area contributed by atoms with Crippen LogP contribution in [-0.2, 0) is 6.42 Å². The van der Waals surface area contributed by atoms with Crippen molar-refractivity contribution in [2.45, 2.75) is 43.4 Å². The molecule has 1 aromatic rings. The van der Waals surface area contributed by atoms with Crippen molar-refractivity contribution < 1.29 is 4.39 Å². The zero-order chi connectivity index (χ0) is 13.7. The summed E-state index contributed by atoms with van der Waals surface area (Å²) in [4.78, 5) is 0. The fraction of sp³-hybridized carbons (Fsp3) is 0.571. The maximum absolute atomic E-state index is 13.2. The lowest BCUT2D eigenvalue weighted by Gasteiger charge is -2.18. The van der Waals surface area contributed by atoms with Gasteiger partial charge in [-0.3, -0.25) is 11.3 Å². The molecule has 0 radical (unpaired) electrons. The van der Waals surface area contributed by atoms with Crippen LogP contribution in [0.15, 0.2) is 22.7 Å². The van der Waals surface area contributed by atoms with Gasteiger partial charge < -0.3 is 0 Å². The molecule has 1 aromatic carbocycles. The van der Waals surface area contributed by atoms with E-state index in [9.17, 15) is 4.39 Å². The molecule has 1 aliphatic rings. The molecule has 5 heteroatoms. The molecular formula is C14H20BrFN2S. The Labute approximate surface area is 126 Å². The summed E-state index contributed by atoms with van der Waals surface area (Å²) in [5.41, 5.74) is 3.98. The second kappa shape index (κ2) is 7.62. The molecule has 1 unspecified atom stereocenters. The number of nitrogens with one attached hydrogen (secondary N) is 1. The van der Waals surface area contributed by atoms with Crippen LogP contribution < -0.4 is 11.3 Å². The normalized spacial score (nSPS) is 17.8. The first-order chi connectivity index (χ1) is 9.19. The van der Waals surface area contributed by atoms with Gasteiger partial charge >= 0.3 is 0 Å². The number of benzene rings is 1. The molecule has 0 saturated heterocycles. The lowest BCUT2D eigenvalue weighted by Crippen LogP contribution is -2.39. The van der Waals surface area contributed by atoms with Gasteiger partial charge in [0.25, 0.3) is 0 Å². The molecule has 0 amide bonds. The molecule has 1 fully saturated rings. The van der Waals surface area contributed by atoms with Gasteiger partial charge in [-0.2, -0.15) is 11.8 Å². The molecular weight excluding hydrogens is 327 g/mol. The molecule has 2 nitrogen and oxygen atoms in total. The minimum Gasteiger partial charge on any atom is -0.271 e. The number of halogens is 2. The predicted molar refractivity (Wildman–Crippen MR) is 83.6 cm³/mol. The minimum absolute atomic E-state index is 0.221. The van der Waals surface area contributed by atoms with Crippen molar-refractivity contribution in [3.63, 3.8) is 0 Å². The number of rotatable bonds is 6. The van der Waals surface area contributed by atoms with E-state index in [1.165, 1.54) is 31.7 Å². The smallest absolute Gasteiger partial charge is 0.137 e. The van der Waals surface area contributed by atoms with Crippen molar-refractivity contribution in [1.29, 1.82) is 0 Å². The SMILES string of the molecule is NNC(CSC1CCCC1)Cc1ccc(F)c(Br)c1. The second-order valence-corrected chi connectivity index (χ2v) is 7.24. The zero-order valence-corrected chi connectivity index (χ0v) is 13.3. The Morgan fingerprint density at radius 1 is 1.42 bits per heavy atom. The Balaban J connectivity index is 1.85. The van der Waals surface area contributed by atoms with Gasteiger partial charge in [-0.05, 0) is 52.9 Å². The highest BCUT2D eigenvalue weighted by atomic mass is 79.9. The van der Waals surface area contributed by atoms with E-state index in [4.69, 9.17) is 5.84 Å². The van der Waals surface area contributed by atoms with Crippen molar-refractivity contribution in [2.75, 3.05) is 5.75 Å². The first-order valence-electron chi connectivity index (χ1n) is 6.70. The third kappa shape index (κ3) is 4.74. The van der Waals surface area contributed by atoms with E-state index >= 15 is 0 Å². The molecule has 3 N–H and O–H groups in total. The molecule has 0 bridgehead atoms. The zero-order valence-electron chi connectivity index (χ0n) is 10.9. The van der Waals surface area contributed by atoms with Gasteiger partial charge in [0.1, 0.15) is 5.82 Å². The van der Waals surface area contributed by atoms with Crippen LogP contribution in [-0.4, -0.2) is 17.0 Å². The minimum atomic E-state index is -0.221. The maximum Gasteiger partial charge on any atom is 0.137 e. The summed E-state index contributed by atoms with van der Waals surface area (Å²) < 4.78 is 13.7. The Bertz CT molecular complexity index is 410. The van der Waals surface area contributed by atoms with Gasteiger partial charge in [-0.1, -0.05) is 18.9 Å². The van der Waals surface area contributed by atoms with Gasteiger partial charge in [-0.25, -0.2) is 4.39 Å². The molecule has 2 rings (SSSR count). The molecule has 106 valence electrons. The summed E-state index contributed by atoms with van der Waals surface area (Å²) >= 11 is 5.23. The van der Waals surface area contributed by atoms with Gasteiger partial charge in [0.05, 0.1) is 4.47 Å². The van der Waals surface area contributed by atoms with Crippen LogP contribution in [0.5, 0.6) is 0 Å². The van der Waals surface area contributed by atoms with E-state index in [2.05, 4.69) is 21.4 Å². The number of nitrogens with two attached hydrogens (primary N) is 1. The van der Waals surface area contributed by atoms with Crippen LogP contribution in [0.3, 0.4) is 0 Å². The number of hydrogen-bond donors (Lipinski definition) is 2. The summed E-state index contributed by atoms with van der Waals surface area (Å²) in [5, 5.41) is 0.802. The average Bonchev–Trinajstić information content (AvgIpc) is 2.92. The molecule has 1 atom stereocenters. The lowest BCUT2D eigenvalue weighted by atomic mass is 10.1. The van der Waals surface area contributed by atoms with Crippen molar-refractivity contribution in [3.8, 4) is 0 Å². The van der Waals surface area contributed by atoms with Gasteiger partial charge in [0, 0.05) is 17.0 Å². The van der Waals surface area contributed by atoms with Crippen LogP contribution in [0.25, 0.3) is 0 Å². The van der Waals surface area contributed by atoms with Crippen molar-refractivity contribution >= 4 is 27.7 Å². The molecule has 19 heavy (non-hydrogen) atoms. The highest BCUT2D eigenvalue weighted by molar-refractivity contribution is 9.10. The molecule has 1 saturated carbocycles. The third-order valence-corrected chi connectivity index (χ3v) is 5.68. The summed E-state index contributed by atoms with van der Waals surface area (Å²) in [7, 11) is 0. The number of hydrazine groups is 1. The Hall–Kier alpha value is -0.100. The van der Waals surface area contributed by atoms with Crippen molar-refractivity contribution in [2.24, 2.45) is 5.84 Å². The van der Waals surface area contributed by atoms with Gasteiger partial charge in [0.2, 0.25) is 0 Å². The first kappa shape index (κ1) is 15.3. The predicted octanol–water partition coefficient (Wildman–Crippen LogP) is 3.64. The Morgan fingerprint density at radius 2 is 2.16 bits per heavy atom.